The number of aromatic nitrogens is 4. The van der Waals surface area contributed by atoms with Gasteiger partial charge in [0.15, 0.2) is 0 Å². The SMILES string of the molecule is CC(C)c1nc(NCCn2ccnc2)cc(=O)[nH]1. The summed E-state index contributed by atoms with van der Waals surface area (Å²) in [5.41, 5.74) is -0.126. The predicted molar refractivity (Wildman–Crippen MR) is 69.7 cm³/mol. The molecule has 2 aromatic rings. The fourth-order valence-electron chi connectivity index (χ4n) is 1.57. The molecule has 0 aliphatic rings. The maximum atomic E-state index is 11.5. The first kappa shape index (κ1) is 12.3. The molecule has 0 atom stereocenters. The lowest BCUT2D eigenvalue weighted by molar-refractivity contribution is 0.720. The summed E-state index contributed by atoms with van der Waals surface area (Å²) >= 11 is 0. The molecule has 0 fully saturated rings. The number of nitrogens with one attached hydrogen (secondary N) is 2. The molecule has 0 unspecified atom stereocenters. The van der Waals surface area contributed by atoms with Crippen LogP contribution >= 0.6 is 0 Å². The third-order valence-electron chi connectivity index (χ3n) is 2.54. The average Bonchev–Trinajstić information content (AvgIpc) is 2.81. The van der Waals surface area contributed by atoms with E-state index >= 15 is 0 Å². The van der Waals surface area contributed by atoms with E-state index in [0.717, 1.165) is 6.54 Å². The van der Waals surface area contributed by atoms with E-state index in [2.05, 4.69) is 20.3 Å². The van der Waals surface area contributed by atoms with E-state index in [1.54, 1.807) is 12.5 Å². The largest absolute Gasteiger partial charge is 0.368 e. The normalized spacial score (nSPS) is 10.8. The maximum Gasteiger partial charge on any atom is 0.252 e. The van der Waals surface area contributed by atoms with Gasteiger partial charge in [0.2, 0.25) is 0 Å². The molecule has 2 rings (SSSR count). The van der Waals surface area contributed by atoms with Crippen LogP contribution in [0.5, 0.6) is 0 Å². The Balaban J connectivity index is 1.98. The van der Waals surface area contributed by atoms with Gasteiger partial charge in [-0.2, -0.15) is 0 Å². The summed E-state index contributed by atoms with van der Waals surface area (Å²) in [5.74, 6) is 1.52. The lowest BCUT2D eigenvalue weighted by Crippen LogP contribution is -2.16. The van der Waals surface area contributed by atoms with E-state index in [1.807, 2.05) is 24.6 Å². The quantitative estimate of drug-likeness (QED) is 0.832. The van der Waals surface area contributed by atoms with Crippen LogP contribution in [0.15, 0.2) is 29.6 Å². The number of H-pyrrole nitrogens is 1. The van der Waals surface area contributed by atoms with Crippen LogP contribution in [-0.4, -0.2) is 26.1 Å². The first-order chi connectivity index (χ1) is 8.65. The molecule has 18 heavy (non-hydrogen) atoms. The number of rotatable bonds is 5. The first-order valence-corrected chi connectivity index (χ1v) is 5.96. The van der Waals surface area contributed by atoms with Gasteiger partial charge in [0.1, 0.15) is 11.6 Å². The van der Waals surface area contributed by atoms with E-state index in [-0.39, 0.29) is 11.5 Å². The van der Waals surface area contributed by atoms with Crippen molar-refractivity contribution in [2.45, 2.75) is 26.3 Å². The van der Waals surface area contributed by atoms with Crippen molar-refractivity contribution in [2.75, 3.05) is 11.9 Å². The van der Waals surface area contributed by atoms with Gasteiger partial charge in [-0.15, -0.1) is 0 Å². The minimum Gasteiger partial charge on any atom is -0.368 e. The van der Waals surface area contributed by atoms with Gasteiger partial charge in [0, 0.05) is 37.5 Å². The predicted octanol–water partition coefficient (Wildman–Crippen LogP) is 1.20. The molecule has 0 radical (unpaired) electrons. The molecular formula is C12H17N5O. The van der Waals surface area contributed by atoms with Crippen molar-refractivity contribution in [3.05, 3.63) is 41.0 Å². The third-order valence-corrected chi connectivity index (χ3v) is 2.54. The van der Waals surface area contributed by atoms with E-state index in [0.29, 0.717) is 18.2 Å². The smallest absolute Gasteiger partial charge is 0.252 e. The summed E-state index contributed by atoms with van der Waals surface area (Å²) in [5, 5.41) is 3.14. The summed E-state index contributed by atoms with van der Waals surface area (Å²) in [6.45, 7) is 5.47. The molecular weight excluding hydrogens is 230 g/mol. The second kappa shape index (κ2) is 5.48. The van der Waals surface area contributed by atoms with Gasteiger partial charge in [-0.25, -0.2) is 9.97 Å². The lowest BCUT2D eigenvalue weighted by Gasteiger charge is -2.09. The summed E-state index contributed by atoms with van der Waals surface area (Å²) in [7, 11) is 0. The number of hydrogen-bond donors (Lipinski definition) is 2. The van der Waals surface area contributed by atoms with Gasteiger partial charge in [0.05, 0.1) is 6.33 Å². The molecule has 6 nitrogen and oxygen atoms in total. The van der Waals surface area contributed by atoms with Crippen LogP contribution in [0, 0.1) is 0 Å². The van der Waals surface area contributed by atoms with Gasteiger partial charge in [-0.3, -0.25) is 4.79 Å². The zero-order chi connectivity index (χ0) is 13.0. The topological polar surface area (TPSA) is 75.6 Å². The third kappa shape index (κ3) is 3.19. The molecule has 0 aliphatic heterocycles. The highest BCUT2D eigenvalue weighted by Gasteiger charge is 2.04. The van der Waals surface area contributed by atoms with E-state index in [4.69, 9.17) is 0 Å². The number of imidazole rings is 1. The zero-order valence-electron chi connectivity index (χ0n) is 10.6. The number of aromatic amines is 1. The maximum absolute atomic E-state index is 11.5. The summed E-state index contributed by atoms with van der Waals surface area (Å²) < 4.78 is 1.96. The zero-order valence-corrected chi connectivity index (χ0v) is 10.6. The molecule has 0 bridgehead atoms. The summed E-state index contributed by atoms with van der Waals surface area (Å²) in [4.78, 5) is 22.5. The number of nitrogens with zero attached hydrogens (tertiary/aromatic N) is 3. The number of hydrogen-bond acceptors (Lipinski definition) is 4. The van der Waals surface area contributed by atoms with Crippen molar-refractivity contribution in [3.63, 3.8) is 0 Å². The van der Waals surface area contributed by atoms with E-state index < -0.39 is 0 Å². The van der Waals surface area contributed by atoms with E-state index in [1.165, 1.54) is 6.07 Å². The van der Waals surface area contributed by atoms with Gasteiger partial charge in [0.25, 0.3) is 5.56 Å². The molecule has 2 aromatic heterocycles. The summed E-state index contributed by atoms with van der Waals surface area (Å²) in [6.07, 6.45) is 5.39. The highest BCUT2D eigenvalue weighted by atomic mass is 16.1. The summed E-state index contributed by atoms with van der Waals surface area (Å²) in [6, 6.07) is 1.47. The fraction of sp³-hybridized carbons (Fsp3) is 0.417. The molecule has 0 saturated heterocycles. The van der Waals surface area contributed by atoms with Crippen molar-refractivity contribution in [1.29, 1.82) is 0 Å². The van der Waals surface area contributed by atoms with Crippen LogP contribution in [0.3, 0.4) is 0 Å². The second-order valence-corrected chi connectivity index (χ2v) is 4.40. The van der Waals surface area contributed by atoms with Crippen LogP contribution in [0.25, 0.3) is 0 Å². The van der Waals surface area contributed by atoms with Crippen molar-refractivity contribution in [2.24, 2.45) is 0 Å². The average molecular weight is 247 g/mol. The van der Waals surface area contributed by atoms with Crippen LogP contribution in [0.2, 0.25) is 0 Å². The number of anilines is 1. The van der Waals surface area contributed by atoms with Gasteiger partial charge in [-0.1, -0.05) is 13.8 Å². The first-order valence-electron chi connectivity index (χ1n) is 5.96. The monoisotopic (exact) mass is 247 g/mol. The molecule has 0 saturated carbocycles. The minimum atomic E-state index is -0.126. The standard InChI is InChI=1S/C12H17N5O/c1-9(2)12-15-10(7-11(18)16-12)14-4-6-17-5-3-13-8-17/h3,5,7-9H,4,6H2,1-2H3,(H2,14,15,16,18). The molecule has 0 aromatic carbocycles. The van der Waals surface area contributed by atoms with E-state index in [9.17, 15) is 4.79 Å². The Bertz CT molecular complexity index is 544. The van der Waals surface area contributed by atoms with Crippen LogP contribution < -0.4 is 10.9 Å². The van der Waals surface area contributed by atoms with Gasteiger partial charge < -0.3 is 14.9 Å². The Morgan fingerprint density at radius 2 is 2.33 bits per heavy atom. The van der Waals surface area contributed by atoms with Crippen molar-refractivity contribution >= 4 is 5.82 Å². The van der Waals surface area contributed by atoms with Gasteiger partial charge in [-0.05, 0) is 0 Å². The Hall–Kier alpha value is -2.11. The van der Waals surface area contributed by atoms with Crippen molar-refractivity contribution in [1.82, 2.24) is 19.5 Å². The molecule has 0 spiro atoms. The Morgan fingerprint density at radius 1 is 1.50 bits per heavy atom. The Kier molecular flexibility index (Phi) is 3.76. The van der Waals surface area contributed by atoms with Crippen LogP contribution in [0.4, 0.5) is 5.82 Å². The lowest BCUT2D eigenvalue weighted by atomic mass is 10.2. The molecule has 6 heteroatoms. The molecule has 2 heterocycles. The Labute approximate surface area is 105 Å². The molecule has 0 amide bonds. The van der Waals surface area contributed by atoms with Crippen molar-refractivity contribution in [3.8, 4) is 0 Å². The Morgan fingerprint density at radius 3 is 3.00 bits per heavy atom. The highest BCUT2D eigenvalue weighted by Crippen LogP contribution is 2.08. The van der Waals surface area contributed by atoms with Crippen molar-refractivity contribution < 1.29 is 0 Å². The van der Waals surface area contributed by atoms with Crippen LogP contribution in [-0.2, 0) is 6.54 Å². The highest BCUT2D eigenvalue weighted by molar-refractivity contribution is 5.33. The second-order valence-electron chi connectivity index (χ2n) is 4.40. The molecule has 2 N–H and O–H groups in total. The fourth-order valence-corrected chi connectivity index (χ4v) is 1.57. The minimum absolute atomic E-state index is 0.126. The molecule has 96 valence electrons. The van der Waals surface area contributed by atoms with Gasteiger partial charge >= 0.3 is 0 Å². The molecule has 0 aliphatic carbocycles. The van der Waals surface area contributed by atoms with Crippen LogP contribution in [0.1, 0.15) is 25.6 Å².